The maximum atomic E-state index is 12.0. The van der Waals surface area contributed by atoms with Gasteiger partial charge in [-0.2, -0.15) is 0 Å². The Labute approximate surface area is 117 Å². The molecule has 0 spiro atoms. The Morgan fingerprint density at radius 2 is 2.05 bits per heavy atom. The number of nitrogens with one attached hydrogen (secondary N) is 1. The summed E-state index contributed by atoms with van der Waals surface area (Å²) in [5.41, 5.74) is 0.764. The normalized spacial score (nSPS) is 9.90. The molecular formula is C15H16N2O3. The summed E-state index contributed by atoms with van der Waals surface area (Å²) in [6, 6.07) is 10.7. The molecule has 2 rings (SSSR count). The van der Waals surface area contributed by atoms with Gasteiger partial charge >= 0.3 is 0 Å². The fraction of sp³-hybridized carbons (Fsp3) is 0.200. The smallest absolute Gasteiger partial charge is 0.230 e. The molecule has 2 aromatic rings. The van der Waals surface area contributed by atoms with Crippen LogP contribution in [0.2, 0.25) is 0 Å². The average molecular weight is 272 g/mol. The third-order valence-electron chi connectivity index (χ3n) is 2.77. The number of aromatic nitrogens is 1. The summed E-state index contributed by atoms with van der Waals surface area (Å²) in [5, 5.41) is 2.73. The Kier molecular flexibility index (Phi) is 4.55. The van der Waals surface area contributed by atoms with E-state index in [1.165, 1.54) is 0 Å². The van der Waals surface area contributed by atoms with Crippen molar-refractivity contribution in [2.75, 3.05) is 19.5 Å². The van der Waals surface area contributed by atoms with Gasteiger partial charge in [-0.1, -0.05) is 6.07 Å². The van der Waals surface area contributed by atoms with Crippen molar-refractivity contribution >= 4 is 11.7 Å². The minimum atomic E-state index is -0.157. The summed E-state index contributed by atoms with van der Waals surface area (Å²) in [4.78, 5) is 16.1. The Hall–Kier alpha value is -2.56. The molecule has 0 saturated heterocycles. The van der Waals surface area contributed by atoms with Crippen molar-refractivity contribution in [1.29, 1.82) is 0 Å². The van der Waals surface area contributed by atoms with E-state index in [1.54, 1.807) is 50.7 Å². The number of hydrogen-bond acceptors (Lipinski definition) is 4. The average Bonchev–Trinajstić information content (AvgIpc) is 2.48. The van der Waals surface area contributed by atoms with Crippen molar-refractivity contribution in [3.63, 3.8) is 0 Å². The lowest BCUT2D eigenvalue weighted by atomic mass is 10.1. The first-order valence-corrected chi connectivity index (χ1v) is 6.14. The van der Waals surface area contributed by atoms with Gasteiger partial charge in [0.2, 0.25) is 5.91 Å². The summed E-state index contributed by atoms with van der Waals surface area (Å²) in [6.07, 6.45) is 1.82. The molecule has 0 atom stereocenters. The van der Waals surface area contributed by atoms with Crippen LogP contribution in [0.4, 0.5) is 5.82 Å². The topological polar surface area (TPSA) is 60.5 Å². The van der Waals surface area contributed by atoms with Crippen LogP contribution in [0.1, 0.15) is 5.56 Å². The maximum absolute atomic E-state index is 12.0. The van der Waals surface area contributed by atoms with E-state index in [0.717, 1.165) is 5.56 Å². The van der Waals surface area contributed by atoms with Crippen molar-refractivity contribution in [3.05, 3.63) is 48.2 Å². The van der Waals surface area contributed by atoms with Crippen molar-refractivity contribution in [1.82, 2.24) is 4.98 Å². The van der Waals surface area contributed by atoms with Crippen LogP contribution in [0.25, 0.3) is 0 Å². The predicted molar refractivity (Wildman–Crippen MR) is 76.1 cm³/mol. The largest absolute Gasteiger partial charge is 0.497 e. The standard InChI is InChI=1S/C15H16N2O3/c1-19-12-6-7-13(20-2)11(9-12)10-15(18)17-14-5-3-4-8-16-14/h3-9H,10H2,1-2H3,(H,16,17,18). The number of rotatable bonds is 5. The molecule has 0 radical (unpaired) electrons. The molecule has 1 heterocycles. The minimum absolute atomic E-state index is 0.157. The highest BCUT2D eigenvalue weighted by Crippen LogP contribution is 2.24. The SMILES string of the molecule is COc1ccc(OC)c(CC(=O)Nc2ccccn2)c1. The van der Waals surface area contributed by atoms with E-state index in [9.17, 15) is 4.79 Å². The highest BCUT2D eigenvalue weighted by Gasteiger charge is 2.10. The number of hydrogen-bond donors (Lipinski definition) is 1. The van der Waals surface area contributed by atoms with Gasteiger partial charge < -0.3 is 14.8 Å². The van der Waals surface area contributed by atoms with Gasteiger partial charge in [-0.25, -0.2) is 4.98 Å². The van der Waals surface area contributed by atoms with E-state index in [4.69, 9.17) is 9.47 Å². The van der Waals surface area contributed by atoms with E-state index >= 15 is 0 Å². The van der Waals surface area contributed by atoms with Crippen LogP contribution in [-0.2, 0) is 11.2 Å². The molecule has 0 aliphatic heterocycles. The van der Waals surface area contributed by atoms with E-state index < -0.39 is 0 Å². The van der Waals surface area contributed by atoms with Crippen molar-refractivity contribution in [3.8, 4) is 11.5 Å². The van der Waals surface area contributed by atoms with E-state index in [0.29, 0.717) is 17.3 Å². The van der Waals surface area contributed by atoms with E-state index in [2.05, 4.69) is 10.3 Å². The first-order chi connectivity index (χ1) is 9.72. The molecular weight excluding hydrogens is 256 g/mol. The molecule has 1 amide bonds. The van der Waals surface area contributed by atoms with Gasteiger partial charge in [0.15, 0.2) is 0 Å². The van der Waals surface area contributed by atoms with Crippen LogP contribution in [0.15, 0.2) is 42.6 Å². The van der Waals surface area contributed by atoms with Crippen molar-refractivity contribution < 1.29 is 14.3 Å². The molecule has 0 fully saturated rings. The molecule has 1 aromatic heterocycles. The van der Waals surface area contributed by atoms with Gasteiger partial charge in [-0.15, -0.1) is 0 Å². The molecule has 1 aromatic carbocycles. The van der Waals surface area contributed by atoms with Gasteiger partial charge in [0, 0.05) is 11.8 Å². The van der Waals surface area contributed by atoms with Gasteiger partial charge in [0.1, 0.15) is 17.3 Å². The van der Waals surface area contributed by atoms with Gasteiger partial charge in [0.05, 0.1) is 20.6 Å². The Morgan fingerprint density at radius 3 is 2.70 bits per heavy atom. The summed E-state index contributed by atoms with van der Waals surface area (Å²) in [5.74, 6) is 1.71. The minimum Gasteiger partial charge on any atom is -0.497 e. The Bertz CT molecular complexity index is 585. The third kappa shape index (κ3) is 3.47. The highest BCUT2D eigenvalue weighted by molar-refractivity contribution is 5.91. The van der Waals surface area contributed by atoms with E-state index in [-0.39, 0.29) is 12.3 Å². The molecule has 5 heteroatoms. The number of nitrogens with zero attached hydrogens (tertiary/aromatic N) is 1. The van der Waals surface area contributed by atoms with Crippen molar-refractivity contribution in [2.24, 2.45) is 0 Å². The lowest BCUT2D eigenvalue weighted by Crippen LogP contribution is -2.15. The fourth-order valence-electron chi connectivity index (χ4n) is 1.82. The molecule has 0 aliphatic carbocycles. The molecule has 0 bridgehead atoms. The maximum Gasteiger partial charge on any atom is 0.230 e. The zero-order valence-corrected chi connectivity index (χ0v) is 11.4. The van der Waals surface area contributed by atoms with Crippen LogP contribution in [-0.4, -0.2) is 25.1 Å². The summed E-state index contributed by atoms with van der Waals surface area (Å²) < 4.78 is 10.4. The molecule has 20 heavy (non-hydrogen) atoms. The zero-order chi connectivity index (χ0) is 14.4. The summed E-state index contributed by atoms with van der Waals surface area (Å²) in [7, 11) is 3.15. The van der Waals surface area contributed by atoms with Crippen LogP contribution in [0, 0.1) is 0 Å². The second-order valence-electron chi connectivity index (χ2n) is 4.12. The lowest BCUT2D eigenvalue weighted by Gasteiger charge is -2.10. The monoisotopic (exact) mass is 272 g/mol. The summed E-state index contributed by atoms with van der Waals surface area (Å²) in [6.45, 7) is 0. The Morgan fingerprint density at radius 1 is 1.20 bits per heavy atom. The van der Waals surface area contributed by atoms with Gasteiger partial charge in [0.25, 0.3) is 0 Å². The number of pyridine rings is 1. The summed E-state index contributed by atoms with van der Waals surface area (Å²) >= 11 is 0. The molecule has 0 aliphatic rings. The number of carbonyl (C=O) groups excluding carboxylic acids is 1. The lowest BCUT2D eigenvalue weighted by molar-refractivity contribution is -0.115. The van der Waals surface area contributed by atoms with Crippen LogP contribution in [0.5, 0.6) is 11.5 Å². The number of ether oxygens (including phenoxy) is 2. The second-order valence-corrected chi connectivity index (χ2v) is 4.12. The third-order valence-corrected chi connectivity index (χ3v) is 2.77. The first kappa shape index (κ1) is 13.9. The quantitative estimate of drug-likeness (QED) is 0.907. The fourth-order valence-corrected chi connectivity index (χ4v) is 1.82. The number of methoxy groups -OCH3 is 2. The molecule has 1 N–H and O–H groups in total. The number of amides is 1. The first-order valence-electron chi connectivity index (χ1n) is 6.14. The molecule has 0 unspecified atom stereocenters. The predicted octanol–water partition coefficient (Wildman–Crippen LogP) is 2.28. The Balaban J connectivity index is 2.10. The molecule has 0 saturated carbocycles. The van der Waals surface area contributed by atoms with Crippen LogP contribution in [0.3, 0.4) is 0 Å². The van der Waals surface area contributed by atoms with Gasteiger partial charge in [-0.05, 0) is 30.3 Å². The van der Waals surface area contributed by atoms with E-state index in [1.807, 2.05) is 6.07 Å². The van der Waals surface area contributed by atoms with Crippen LogP contribution >= 0.6 is 0 Å². The van der Waals surface area contributed by atoms with Crippen LogP contribution < -0.4 is 14.8 Å². The van der Waals surface area contributed by atoms with Gasteiger partial charge in [-0.3, -0.25) is 4.79 Å². The number of benzene rings is 1. The number of carbonyl (C=O) groups is 1. The second kappa shape index (κ2) is 6.56. The molecule has 104 valence electrons. The van der Waals surface area contributed by atoms with Crippen molar-refractivity contribution in [2.45, 2.75) is 6.42 Å². The zero-order valence-electron chi connectivity index (χ0n) is 11.4. The number of anilines is 1. The molecule has 5 nitrogen and oxygen atoms in total. The highest BCUT2D eigenvalue weighted by atomic mass is 16.5.